The van der Waals surface area contributed by atoms with E-state index in [-0.39, 0.29) is 5.91 Å². The van der Waals surface area contributed by atoms with Crippen molar-refractivity contribution in [2.75, 3.05) is 6.61 Å². The van der Waals surface area contributed by atoms with Crippen LogP contribution in [0.25, 0.3) is 0 Å². The number of carbonyl (C=O) groups excluding carboxylic acids is 1. The third kappa shape index (κ3) is 7.02. The summed E-state index contributed by atoms with van der Waals surface area (Å²) >= 11 is 12.0. The van der Waals surface area contributed by atoms with Crippen LogP contribution in [0, 0.1) is 0 Å². The van der Waals surface area contributed by atoms with Gasteiger partial charge in [-0.25, -0.2) is 5.43 Å². The Morgan fingerprint density at radius 3 is 2.39 bits per heavy atom. The molecule has 31 heavy (non-hydrogen) atoms. The molecule has 0 bridgehead atoms. The lowest BCUT2D eigenvalue weighted by molar-refractivity contribution is 0.0955. The molecule has 0 heterocycles. The molecule has 0 atom stereocenters. The predicted octanol–water partition coefficient (Wildman–Crippen LogP) is 6.13. The lowest BCUT2D eigenvalue weighted by Crippen LogP contribution is -2.17. The average molecular weight is 457 g/mol. The van der Waals surface area contributed by atoms with Crippen LogP contribution in [-0.4, -0.2) is 18.7 Å². The Morgan fingerprint density at radius 1 is 0.968 bits per heavy atom. The van der Waals surface area contributed by atoms with Gasteiger partial charge in [0, 0.05) is 21.2 Å². The topological polar surface area (TPSA) is 59.9 Å². The van der Waals surface area contributed by atoms with Crippen molar-refractivity contribution in [3.63, 3.8) is 0 Å². The second-order valence-electron chi connectivity index (χ2n) is 6.67. The molecule has 7 heteroatoms. The number of ether oxygens (including phenoxy) is 2. The highest BCUT2D eigenvalue weighted by Crippen LogP contribution is 2.23. The van der Waals surface area contributed by atoms with Crippen molar-refractivity contribution in [3.8, 4) is 11.5 Å². The van der Waals surface area contributed by atoms with Gasteiger partial charge in [0.05, 0.1) is 12.8 Å². The number of hydrazone groups is 1. The van der Waals surface area contributed by atoms with Gasteiger partial charge in [-0.15, -0.1) is 0 Å². The zero-order valence-electron chi connectivity index (χ0n) is 17.0. The van der Waals surface area contributed by atoms with Gasteiger partial charge in [-0.1, -0.05) is 42.3 Å². The van der Waals surface area contributed by atoms with Crippen molar-refractivity contribution in [1.82, 2.24) is 5.43 Å². The maximum absolute atomic E-state index is 12.3. The lowest BCUT2D eigenvalue weighted by atomic mass is 10.2. The first-order valence-corrected chi connectivity index (χ1v) is 10.5. The fraction of sp³-hybridized carbons (Fsp3) is 0.167. The molecule has 0 aliphatic carbocycles. The Kier molecular flexibility index (Phi) is 8.33. The van der Waals surface area contributed by atoms with Crippen LogP contribution < -0.4 is 14.9 Å². The van der Waals surface area contributed by atoms with E-state index in [2.05, 4.69) is 10.5 Å². The van der Waals surface area contributed by atoms with E-state index in [1.165, 1.54) is 6.21 Å². The lowest BCUT2D eigenvalue weighted by Gasteiger charge is -2.10. The van der Waals surface area contributed by atoms with Gasteiger partial charge in [0.25, 0.3) is 5.91 Å². The van der Waals surface area contributed by atoms with Crippen LogP contribution in [-0.2, 0) is 6.61 Å². The van der Waals surface area contributed by atoms with Crippen LogP contribution in [0.3, 0.4) is 0 Å². The third-order valence-electron chi connectivity index (χ3n) is 4.24. The number of nitrogens with zero attached hydrogens (tertiary/aromatic N) is 1. The molecule has 0 fully saturated rings. The number of benzene rings is 3. The third-order valence-corrected chi connectivity index (χ3v) is 4.73. The summed E-state index contributed by atoms with van der Waals surface area (Å²) in [6.45, 7) is 3.03. The van der Waals surface area contributed by atoms with Crippen molar-refractivity contribution in [2.24, 2.45) is 5.10 Å². The summed E-state index contributed by atoms with van der Waals surface area (Å²) in [5.74, 6) is 0.988. The van der Waals surface area contributed by atoms with Crippen molar-refractivity contribution in [1.29, 1.82) is 0 Å². The summed E-state index contributed by atoms with van der Waals surface area (Å²) in [7, 11) is 0. The number of nitrogens with one attached hydrogen (secondary N) is 1. The molecule has 0 saturated carbocycles. The van der Waals surface area contributed by atoms with E-state index >= 15 is 0 Å². The summed E-state index contributed by atoms with van der Waals surface area (Å²) in [5, 5.41) is 5.25. The van der Waals surface area contributed by atoms with Crippen LogP contribution in [0.4, 0.5) is 0 Å². The van der Waals surface area contributed by atoms with Gasteiger partial charge in [0.15, 0.2) is 0 Å². The van der Waals surface area contributed by atoms with Crippen LogP contribution in [0.2, 0.25) is 10.0 Å². The molecule has 0 aliphatic rings. The van der Waals surface area contributed by atoms with E-state index in [0.29, 0.717) is 40.1 Å². The highest BCUT2D eigenvalue weighted by atomic mass is 35.5. The van der Waals surface area contributed by atoms with Crippen molar-refractivity contribution in [3.05, 3.63) is 93.5 Å². The largest absolute Gasteiger partial charge is 0.494 e. The Bertz CT molecular complexity index is 1040. The van der Waals surface area contributed by atoms with E-state index in [0.717, 1.165) is 17.7 Å². The number of amides is 1. The van der Waals surface area contributed by atoms with Crippen molar-refractivity contribution >= 4 is 35.3 Å². The highest BCUT2D eigenvalue weighted by molar-refractivity contribution is 6.31. The minimum absolute atomic E-state index is 0.330. The molecule has 5 nitrogen and oxygen atoms in total. The fourth-order valence-corrected chi connectivity index (χ4v) is 2.95. The molecule has 3 aromatic rings. The van der Waals surface area contributed by atoms with Crippen molar-refractivity contribution < 1.29 is 14.3 Å². The number of hydrogen-bond donors (Lipinski definition) is 1. The normalized spacial score (nSPS) is 10.8. The van der Waals surface area contributed by atoms with Gasteiger partial charge in [-0.2, -0.15) is 5.10 Å². The second kappa shape index (κ2) is 11.4. The van der Waals surface area contributed by atoms with Gasteiger partial charge in [-0.3, -0.25) is 4.79 Å². The smallest absolute Gasteiger partial charge is 0.271 e. The van der Waals surface area contributed by atoms with Gasteiger partial charge >= 0.3 is 0 Å². The van der Waals surface area contributed by atoms with E-state index in [9.17, 15) is 4.79 Å². The van der Waals surface area contributed by atoms with E-state index in [1.54, 1.807) is 42.5 Å². The van der Waals surface area contributed by atoms with Crippen LogP contribution >= 0.6 is 23.2 Å². The van der Waals surface area contributed by atoms with Crippen LogP contribution in [0.1, 0.15) is 34.8 Å². The summed E-state index contributed by atoms with van der Waals surface area (Å²) in [5.41, 5.74) is 4.61. The van der Waals surface area contributed by atoms with E-state index in [1.807, 2.05) is 31.2 Å². The Morgan fingerprint density at radius 2 is 1.68 bits per heavy atom. The van der Waals surface area contributed by atoms with E-state index in [4.69, 9.17) is 32.7 Å². The average Bonchev–Trinajstić information content (AvgIpc) is 2.78. The molecule has 1 N–H and O–H groups in total. The standard InChI is InChI=1S/C24H22Cl2N2O3/c1-2-13-30-22-10-5-18(6-11-22)24(29)28-27-15-19-14-21(26)9-12-23(19)31-16-17-3-7-20(25)8-4-17/h3-12,14-15H,2,13,16H2,1H3,(H,28,29)/b27-15-. The molecule has 0 spiro atoms. The summed E-state index contributed by atoms with van der Waals surface area (Å²) in [6, 6.07) is 19.5. The molecule has 3 aromatic carbocycles. The quantitative estimate of drug-likeness (QED) is 0.311. The number of hydrogen-bond acceptors (Lipinski definition) is 4. The molecule has 3 rings (SSSR count). The molecule has 0 aliphatic heterocycles. The van der Waals surface area contributed by atoms with Gasteiger partial charge < -0.3 is 9.47 Å². The molecule has 0 unspecified atom stereocenters. The fourth-order valence-electron chi connectivity index (χ4n) is 2.64. The first-order chi connectivity index (χ1) is 15.0. The Hall–Kier alpha value is -3.02. The Labute approximate surface area is 191 Å². The number of carbonyl (C=O) groups is 1. The first-order valence-electron chi connectivity index (χ1n) is 9.78. The predicted molar refractivity (Wildman–Crippen MR) is 125 cm³/mol. The maximum atomic E-state index is 12.3. The molecule has 160 valence electrons. The zero-order chi connectivity index (χ0) is 22.1. The number of halogens is 2. The molecule has 0 saturated heterocycles. The summed E-state index contributed by atoms with van der Waals surface area (Å²) in [6.07, 6.45) is 2.42. The van der Waals surface area contributed by atoms with Crippen LogP contribution in [0.15, 0.2) is 71.8 Å². The van der Waals surface area contributed by atoms with Gasteiger partial charge in [-0.05, 0) is 66.6 Å². The zero-order valence-corrected chi connectivity index (χ0v) is 18.5. The molecular weight excluding hydrogens is 435 g/mol. The SMILES string of the molecule is CCCOc1ccc(C(=O)N/N=C\c2cc(Cl)ccc2OCc2ccc(Cl)cc2)cc1. The molecular formula is C24H22Cl2N2O3. The summed E-state index contributed by atoms with van der Waals surface area (Å²) in [4.78, 5) is 12.3. The number of rotatable bonds is 9. The second-order valence-corrected chi connectivity index (χ2v) is 7.54. The first kappa shape index (κ1) is 22.7. The minimum Gasteiger partial charge on any atom is -0.494 e. The maximum Gasteiger partial charge on any atom is 0.271 e. The van der Waals surface area contributed by atoms with Crippen molar-refractivity contribution in [2.45, 2.75) is 20.0 Å². The Balaban J connectivity index is 1.62. The highest BCUT2D eigenvalue weighted by Gasteiger charge is 2.06. The summed E-state index contributed by atoms with van der Waals surface area (Å²) < 4.78 is 11.4. The van der Waals surface area contributed by atoms with E-state index < -0.39 is 0 Å². The van der Waals surface area contributed by atoms with Crippen LogP contribution in [0.5, 0.6) is 11.5 Å². The van der Waals surface area contributed by atoms with Gasteiger partial charge in [0.1, 0.15) is 18.1 Å². The molecule has 1 amide bonds. The molecule has 0 aromatic heterocycles. The van der Waals surface area contributed by atoms with Gasteiger partial charge in [0.2, 0.25) is 0 Å². The minimum atomic E-state index is -0.330. The molecule has 0 radical (unpaired) electrons. The monoisotopic (exact) mass is 456 g/mol.